The number of hydrogen-bond donors (Lipinski definition) is 1. The fourth-order valence-electron chi connectivity index (χ4n) is 3.65. The number of aliphatic carboxylic acids is 1. The molecule has 2 aromatic rings. The van der Waals surface area contributed by atoms with Crippen LogP contribution in [0.1, 0.15) is 45.5 Å². The monoisotopic (exact) mass is 373 g/mol. The highest BCUT2D eigenvalue weighted by Crippen LogP contribution is 2.40. The second kappa shape index (κ2) is 7.34. The number of hydrogen-bond acceptors (Lipinski definition) is 5. The number of carbonyl (C=O) groups excluding carboxylic acids is 1. The average Bonchev–Trinajstić information content (AvgIpc) is 2.98. The lowest BCUT2D eigenvalue weighted by molar-refractivity contribution is -0.138. The lowest BCUT2D eigenvalue weighted by Gasteiger charge is -2.37. The van der Waals surface area contributed by atoms with Gasteiger partial charge in [0.25, 0.3) is 5.91 Å². The van der Waals surface area contributed by atoms with Gasteiger partial charge in [0, 0.05) is 6.54 Å². The molecule has 1 aliphatic heterocycles. The zero-order chi connectivity index (χ0) is 19.7. The summed E-state index contributed by atoms with van der Waals surface area (Å²) in [5, 5.41) is 9.43. The Kier molecular flexibility index (Phi) is 5.12. The van der Waals surface area contributed by atoms with Gasteiger partial charge in [0.15, 0.2) is 11.5 Å². The quantitative estimate of drug-likeness (QED) is 0.866. The number of amides is 1. The fourth-order valence-corrected chi connectivity index (χ4v) is 3.65. The van der Waals surface area contributed by atoms with Crippen molar-refractivity contribution in [1.82, 2.24) is 4.90 Å². The molecule has 0 unspecified atom stereocenters. The third-order valence-corrected chi connectivity index (χ3v) is 4.90. The average molecular weight is 373 g/mol. The van der Waals surface area contributed by atoms with Crippen LogP contribution in [0.25, 0.3) is 0 Å². The van der Waals surface area contributed by atoms with Crippen LogP contribution in [0, 0.1) is 13.8 Å². The number of fused-ring (bicyclic) bond motifs is 1. The standard InChI is InChI=1S/C20H23NO6/c1-11-7-14(12(2)27-11)20(24)21-6-5-13-8-17(25-3)18(26-4)9-15(13)16(21)10-19(22)23/h7-9,16H,5-6,10H2,1-4H3,(H,22,23)/t16-/m0/s1. The second-order valence-corrected chi connectivity index (χ2v) is 6.60. The van der Waals surface area contributed by atoms with Crippen LogP contribution in [0.2, 0.25) is 0 Å². The van der Waals surface area contributed by atoms with Crippen LogP contribution in [0.4, 0.5) is 0 Å². The number of nitrogens with zero attached hydrogens (tertiary/aromatic N) is 1. The lowest BCUT2D eigenvalue weighted by Crippen LogP contribution is -2.41. The van der Waals surface area contributed by atoms with Crippen molar-refractivity contribution in [2.45, 2.75) is 32.7 Å². The van der Waals surface area contributed by atoms with Gasteiger partial charge in [-0.15, -0.1) is 0 Å². The summed E-state index contributed by atoms with van der Waals surface area (Å²) in [6.45, 7) is 3.93. The van der Waals surface area contributed by atoms with Crippen LogP contribution in [-0.4, -0.2) is 42.6 Å². The van der Waals surface area contributed by atoms with Crippen LogP contribution < -0.4 is 9.47 Å². The van der Waals surface area contributed by atoms with E-state index < -0.39 is 12.0 Å². The maximum Gasteiger partial charge on any atom is 0.305 e. The van der Waals surface area contributed by atoms with Crippen molar-refractivity contribution in [1.29, 1.82) is 0 Å². The Morgan fingerprint density at radius 2 is 1.85 bits per heavy atom. The van der Waals surface area contributed by atoms with E-state index in [2.05, 4.69) is 0 Å². The van der Waals surface area contributed by atoms with Crippen LogP contribution in [0.5, 0.6) is 11.5 Å². The van der Waals surface area contributed by atoms with Gasteiger partial charge in [0.1, 0.15) is 11.5 Å². The molecule has 0 aliphatic carbocycles. The van der Waals surface area contributed by atoms with E-state index in [0.717, 1.165) is 11.1 Å². The first kappa shape index (κ1) is 18.8. The van der Waals surface area contributed by atoms with Crippen molar-refractivity contribution in [2.24, 2.45) is 0 Å². The van der Waals surface area contributed by atoms with Crippen molar-refractivity contribution in [3.8, 4) is 11.5 Å². The molecule has 0 saturated heterocycles. The molecule has 7 heteroatoms. The smallest absolute Gasteiger partial charge is 0.305 e. The molecule has 1 atom stereocenters. The highest BCUT2D eigenvalue weighted by molar-refractivity contribution is 5.96. The molecule has 7 nitrogen and oxygen atoms in total. The Balaban J connectivity index is 2.05. The molecule has 0 bridgehead atoms. The van der Waals surface area contributed by atoms with Gasteiger partial charge in [-0.05, 0) is 49.6 Å². The number of aryl methyl sites for hydroxylation is 2. The second-order valence-electron chi connectivity index (χ2n) is 6.60. The normalized spacial score (nSPS) is 16.0. The molecule has 0 radical (unpaired) electrons. The summed E-state index contributed by atoms with van der Waals surface area (Å²) in [6.07, 6.45) is 0.414. The highest BCUT2D eigenvalue weighted by Gasteiger charge is 2.35. The molecule has 3 rings (SSSR count). The van der Waals surface area contributed by atoms with Gasteiger partial charge in [-0.25, -0.2) is 0 Å². The lowest BCUT2D eigenvalue weighted by atomic mass is 9.89. The summed E-state index contributed by atoms with van der Waals surface area (Å²) >= 11 is 0. The van der Waals surface area contributed by atoms with Crippen LogP contribution in [0.3, 0.4) is 0 Å². The van der Waals surface area contributed by atoms with Gasteiger partial charge in [-0.2, -0.15) is 0 Å². The summed E-state index contributed by atoms with van der Waals surface area (Å²) in [7, 11) is 3.08. The van der Waals surface area contributed by atoms with E-state index in [9.17, 15) is 14.7 Å². The minimum Gasteiger partial charge on any atom is -0.493 e. The molecule has 0 fully saturated rings. The first-order valence-electron chi connectivity index (χ1n) is 8.70. The molecule has 1 N–H and O–H groups in total. The van der Waals surface area contributed by atoms with E-state index in [1.165, 1.54) is 7.11 Å². The molecule has 1 aliphatic rings. The minimum absolute atomic E-state index is 0.190. The molecule has 2 heterocycles. The van der Waals surface area contributed by atoms with Crippen LogP contribution >= 0.6 is 0 Å². The van der Waals surface area contributed by atoms with Gasteiger partial charge in [0.2, 0.25) is 0 Å². The van der Waals surface area contributed by atoms with Crippen molar-refractivity contribution >= 4 is 11.9 Å². The fraction of sp³-hybridized carbons (Fsp3) is 0.400. The Morgan fingerprint density at radius 3 is 2.41 bits per heavy atom. The van der Waals surface area contributed by atoms with E-state index in [4.69, 9.17) is 13.9 Å². The van der Waals surface area contributed by atoms with E-state index >= 15 is 0 Å². The number of carboxylic acid groups (broad SMARTS) is 1. The van der Waals surface area contributed by atoms with Gasteiger partial charge < -0.3 is 23.9 Å². The van der Waals surface area contributed by atoms with Gasteiger partial charge in [-0.1, -0.05) is 0 Å². The molecule has 1 aromatic carbocycles. The van der Waals surface area contributed by atoms with Crippen molar-refractivity contribution in [3.63, 3.8) is 0 Å². The molecular weight excluding hydrogens is 350 g/mol. The number of ether oxygens (including phenoxy) is 2. The maximum atomic E-state index is 13.1. The Labute approximate surface area is 157 Å². The zero-order valence-corrected chi connectivity index (χ0v) is 15.9. The van der Waals surface area contributed by atoms with Crippen LogP contribution in [0.15, 0.2) is 22.6 Å². The molecule has 1 amide bonds. The molecular formula is C20H23NO6. The summed E-state index contributed by atoms with van der Waals surface area (Å²) in [5.74, 6) is 1.08. The van der Waals surface area contributed by atoms with E-state index in [-0.39, 0.29) is 12.3 Å². The van der Waals surface area contributed by atoms with Crippen molar-refractivity contribution in [2.75, 3.05) is 20.8 Å². The number of methoxy groups -OCH3 is 2. The molecule has 0 saturated carbocycles. The molecule has 27 heavy (non-hydrogen) atoms. The van der Waals surface area contributed by atoms with Gasteiger partial charge in [0.05, 0.1) is 32.2 Å². The van der Waals surface area contributed by atoms with Crippen molar-refractivity contribution < 1.29 is 28.6 Å². The Bertz CT molecular complexity index is 885. The first-order chi connectivity index (χ1) is 12.8. The first-order valence-corrected chi connectivity index (χ1v) is 8.70. The van der Waals surface area contributed by atoms with Crippen LogP contribution in [-0.2, 0) is 11.2 Å². The van der Waals surface area contributed by atoms with Gasteiger partial charge in [-0.3, -0.25) is 9.59 Å². The molecule has 0 spiro atoms. The summed E-state index contributed by atoms with van der Waals surface area (Å²) < 4.78 is 16.2. The Hall–Kier alpha value is -2.96. The molecule has 1 aromatic heterocycles. The molecule has 144 valence electrons. The van der Waals surface area contributed by atoms with E-state index in [0.29, 0.717) is 41.5 Å². The number of carboxylic acids is 1. The summed E-state index contributed by atoms with van der Waals surface area (Å²) in [6, 6.07) is 4.74. The topological polar surface area (TPSA) is 89.2 Å². The Morgan fingerprint density at radius 1 is 1.19 bits per heavy atom. The maximum absolute atomic E-state index is 13.1. The number of furan rings is 1. The van der Waals surface area contributed by atoms with Gasteiger partial charge >= 0.3 is 5.97 Å². The summed E-state index contributed by atoms with van der Waals surface area (Å²) in [4.78, 5) is 26.3. The highest BCUT2D eigenvalue weighted by atomic mass is 16.5. The largest absolute Gasteiger partial charge is 0.493 e. The van der Waals surface area contributed by atoms with Crippen molar-refractivity contribution in [3.05, 3.63) is 46.4 Å². The predicted octanol–water partition coefficient (Wildman–Crippen LogP) is 3.13. The van der Waals surface area contributed by atoms with E-state index in [1.807, 2.05) is 6.07 Å². The number of benzene rings is 1. The number of rotatable bonds is 5. The summed E-state index contributed by atoms with van der Waals surface area (Å²) in [5.41, 5.74) is 2.20. The minimum atomic E-state index is -0.972. The zero-order valence-electron chi connectivity index (χ0n) is 15.9. The third-order valence-electron chi connectivity index (χ3n) is 4.90. The third kappa shape index (κ3) is 3.49. The SMILES string of the molecule is COc1cc2c(cc1OC)[C@H](CC(=O)O)N(C(=O)c1cc(C)oc1C)CC2. The predicted molar refractivity (Wildman–Crippen MR) is 97.5 cm³/mol. The van der Waals surface area contributed by atoms with E-state index in [1.54, 1.807) is 38.0 Å². The number of carbonyl (C=O) groups is 2.